The van der Waals surface area contributed by atoms with Gasteiger partial charge in [-0.2, -0.15) is 0 Å². The average Bonchev–Trinajstić information content (AvgIpc) is 3.24. The molecule has 0 aliphatic carbocycles. The Kier molecular flexibility index (Phi) is 5.50. The van der Waals surface area contributed by atoms with Crippen LogP contribution in [0.5, 0.6) is 0 Å². The minimum absolute atomic E-state index is 0.0679. The largest absolute Gasteiger partial charge is 0.378 e. The summed E-state index contributed by atoms with van der Waals surface area (Å²) in [7, 11) is 0. The van der Waals surface area contributed by atoms with Gasteiger partial charge >= 0.3 is 0 Å². The zero-order valence-corrected chi connectivity index (χ0v) is 16.0. The molecule has 2 amide bonds. The lowest BCUT2D eigenvalue weighted by Gasteiger charge is -2.35. The van der Waals surface area contributed by atoms with Gasteiger partial charge in [-0.05, 0) is 12.8 Å². The molecule has 2 aliphatic heterocycles. The molecular weight excluding hydrogens is 362 g/mol. The van der Waals surface area contributed by atoms with Gasteiger partial charge in [-0.25, -0.2) is 4.98 Å². The Morgan fingerprint density at radius 3 is 2.63 bits per heavy atom. The number of ether oxygens (including phenoxy) is 1. The van der Waals surface area contributed by atoms with E-state index in [0.29, 0.717) is 44.4 Å². The van der Waals surface area contributed by atoms with Crippen molar-refractivity contribution in [3.8, 4) is 11.3 Å². The normalized spacial score (nSPS) is 20.5. The summed E-state index contributed by atoms with van der Waals surface area (Å²) in [5.74, 6) is -0.0315. The van der Waals surface area contributed by atoms with E-state index in [4.69, 9.17) is 4.74 Å². The summed E-state index contributed by atoms with van der Waals surface area (Å²) >= 11 is 1.37. The maximum Gasteiger partial charge on any atom is 0.282 e. The highest BCUT2D eigenvalue weighted by molar-refractivity contribution is 7.12. The fourth-order valence-corrected chi connectivity index (χ4v) is 4.45. The maximum atomic E-state index is 12.9. The Bertz CT molecular complexity index is 802. The second-order valence-corrected chi connectivity index (χ2v) is 7.79. The van der Waals surface area contributed by atoms with E-state index in [-0.39, 0.29) is 17.7 Å². The van der Waals surface area contributed by atoms with Crippen LogP contribution in [0.3, 0.4) is 0 Å². The average molecular weight is 385 g/mol. The number of thiazole rings is 1. The molecular formula is C20H23N3O3S. The van der Waals surface area contributed by atoms with E-state index in [2.05, 4.69) is 4.98 Å². The van der Waals surface area contributed by atoms with Gasteiger partial charge in [-0.3, -0.25) is 9.59 Å². The molecule has 0 N–H and O–H groups in total. The van der Waals surface area contributed by atoms with E-state index in [9.17, 15) is 9.59 Å². The topological polar surface area (TPSA) is 62.7 Å². The molecule has 3 heterocycles. The number of aromatic nitrogens is 1. The van der Waals surface area contributed by atoms with Crippen LogP contribution in [-0.4, -0.2) is 66.0 Å². The lowest BCUT2D eigenvalue weighted by atomic mass is 9.96. The number of carbonyl (C=O) groups excluding carboxylic acids is 2. The predicted molar refractivity (Wildman–Crippen MR) is 104 cm³/mol. The first-order valence-electron chi connectivity index (χ1n) is 9.39. The summed E-state index contributed by atoms with van der Waals surface area (Å²) in [4.78, 5) is 33.9. The number of carbonyl (C=O) groups is 2. The van der Waals surface area contributed by atoms with Crippen LogP contribution in [0.4, 0.5) is 0 Å². The van der Waals surface area contributed by atoms with Gasteiger partial charge in [0, 0.05) is 37.1 Å². The summed E-state index contributed by atoms with van der Waals surface area (Å²) in [6.45, 7) is 3.67. The van der Waals surface area contributed by atoms with Crippen LogP contribution < -0.4 is 0 Å². The lowest BCUT2D eigenvalue weighted by molar-refractivity contribution is -0.141. The molecule has 4 rings (SSSR count). The van der Waals surface area contributed by atoms with Gasteiger partial charge in [0.2, 0.25) is 5.91 Å². The van der Waals surface area contributed by atoms with Crippen molar-refractivity contribution in [1.82, 2.24) is 14.8 Å². The van der Waals surface area contributed by atoms with E-state index >= 15 is 0 Å². The van der Waals surface area contributed by atoms with E-state index in [0.717, 1.165) is 24.1 Å². The van der Waals surface area contributed by atoms with Gasteiger partial charge in [-0.1, -0.05) is 30.3 Å². The summed E-state index contributed by atoms with van der Waals surface area (Å²) in [6.07, 6.45) is 1.69. The monoisotopic (exact) mass is 385 g/mol. The summed E-state index contributed by atoms with van der Waals surface area (Å²) in [5, 5.41) is 2.41. The number of rotatable bonds is 3. The molecule has 0 saturated carbocycles. The third-order valence-corrected chi connectivity index (χ3v) is 5.97. The van der Waals surface area contributed by atoms with Gasteiger partial charge in [0.05, 0.1) is 24.8 Å². The van der Waals surface area contributed by atoms with E-state index in [1.54, 1.807) is 4.90 Å². The minimum atomic E-state index is -0.116. The standard InChI is InChI=1S/C20H23N3O3S/c24-19(22-9-11-26-12-10-22)16-7-4-8-23(13-16)20(25)18-21-17(14-27-18)15-5-2-1-3-6-15/h1-3,5-6,14,16H,4,7-13H2. The van der Waals surface area contributed by atoms with Crippen molar-refractivity contribution >= 4 is 23.2 Å². The molecule has 1 aromatic carbocycles. The smallest absolute Gasteiger partial charge is 0.282 e. The molecule has 0 radical (unpaired) electrons. The third kappa shape index (κ3) is 4.04. The molecule has 2 saturated heterocycles. The number of nitrogens with zero attached hydrogens (tertiary/aromatic N) is 3. The summed E-state index contributed by atoms with van der Waals surface area (Å²) < 4.78 is 5.33. The summed E-state index contributed by atoms with van der Waals surface area (Å²) in [5.41, 5.74) is 1.83. The molecule has 6 nitrogen and oxygen atoms in total. The fourth-order valence-electron chi connectivity index (χ4n) is 3.65. The quantitative estimate of drug-likeness (QED) is 0.815. The molecule has 142 valence electrons. The molecule has 2 fully saturated rings. The molecule has 2 aromatic rings. The highest BCUT2D eigenvalue weighted by Gasteiger charge is 2.32. The Morgan fingerprint density at radius 2 is 1.85 bits per heavy atom. The number of hydrogen-bond donors (Lipinski definition) is 0. The number of benzene rings is 1. The van der Waals surface area contributed by atoms with Gasteiger partial charge in [-0.15, -0.1) is 11.3 Å². The lowest BCUT2D eigenvalue weighted by Crippen LogP contribution is -2.49. The van der Waals surface area contributed by atoms with E-state index in [1.165, 1.54) is 11.3 Å². The second-order valence-electron chi connectivity index (χ2n) is 6.93. The van der Waals surface area contributed by atoms with Crippen LogP contribution >= 0.6 is 11.3 Å². The van der Waals surface area contributed by atoms with Crippen LogP contribution in [0.15, 0.2) is 35.7 Å². The molecule has 7 heteroatoms. The number of amides is 2. The van der Waals surface area contributed by atoms with Crippen molar-refractivity contribution in [1.29, 1.82) is 0 Å². The molecule has 27 heavy (non-hydrogen) atoms. The molecule has 1 aromatic heterocycles. The van der Waals surface area contributed by atoms with E-state index < -0.39 is 0 Å². The highest BCUT2D eigenvalue weighted by atomic mass is 32.1. The minimum Gasteiger partial charge on any atom is -0.378 e. The summed E-state index contributed by atoms with van der Waals surface area (Å²) in [6, 6.07) is 9.86. The van der Waals surface area contributed by atoms with Crippen LogP contribution in [-0.2, 0) is 9.53 Å². The van der Waals surface area contributed by atoms with Crippen molar-refractivity contribution in [2.75, 3.05) is 39.4 Å². The van der Waals surface area contributed by atoms with Gasteiger partial charge in [0.25, 0.3) is 5.91 Å². The number of likely N-dealkylation sites (tertiary alicyclic amines) is 1. The van der Waals surface area contributed by atoms with Crippen LogP contribution in [0.2, 0.25) is 0 Å². The Labute approximate surface area is 162 Å². The van der Waals surface area contributed by atoms with Crippen molar-refractivity contribution in [2.24, 2.45) is 5.92 Å². The zero-order valence-electron chi connectivity index (χ0n) is 15.2. The first kappa shape index (κ1) is 18.1. The molecule has 1 unspecified atom stereocenters. The SMILES string of the molecule is O=C(c1nc(-c2ccccc2)cs1)N1CCCC(C(=O)N2CCOCC2)C1. The van der Waals surface area contributed by atoms with Gasteiger partial charge < -0.3 is 14.5 Å². The zero-order chi connectivity index (χ0) is 18.6. The Hall–Kier alpha value is -2.25. The molecule has 2 aliphatic rings. The van der Waals surface area contributed by atoms with E-state index in [1.807, 2.05) is 40.6 Å². The number of morpholine rings is 1. The predicted octanol–water partition coefficient (Wildman–Crippen LogP) is 2.52. The van der Waals surface area contributed by atoms with Crippen molar-refractivity contribution in [2.45, 2.75) is 12.8 Å². The first-order chi connectivity index (χ1) is 13.2. The molecule has 1 atom stereocenters. The van der Waals surface area contributed by atoms with Crippen molar-refractivity contribution in [3.63, 3.8) is 0 Å². The van der Waals surface area contributed by atoms with Crippen LogP contribution in [0.25, 0.3) is 11.3 Å². The number of piperidine rings is 1. The fraction of sp³-hybridized carbons (Fsp3) is 0.450. The number of hydrogen-bond acceptors (Lipinski definition) is 5. The van der Waals surface area contributed by atoms with Crippen LogP contribution in [0.1, 0.15) is 22.6 Å². The van der Waals surface area contributed by atoms with Crippen LogP contribution in [0, 0.1) is 5.92 Å². The van der Waals surface area contributed by atoms with Gasteiger partial charge in [0.1, 0.15) is 0 Å². The Morgan fingerprint density at radius 1 is 1.07 bits per heavy atom. The molecule has 0 bridgehead atoms. The van der Waals surface area contributed by atoms with Gasteiger partial charge in [0.15, 0.2) is 5.01 Å². The highest BCUT2D eigenvalue weighted by Crippen LogP contribution is 2.25. The third-order valence-electron chi connectivity index (χ3n) is 5.14. The van der Waals surface area contributed by atoms with Crippen molar-refractivity contribution < 1.29 is 14.3 Å². The first-order valence-corrected chi connectivity index (χ1v) is 10.3. The molecule has 0 spiro atoms. The second kappa shape index (κ2) is 8.19. The maximum absolute atomic E-state index is 12.9. The Balaban J connectivity index is 1.43. The van der Waals surface area contributed by atoms with Crippen molar-refractivity contribution in [3.05, 3.63) is 40.7 Å².